The Balaban J connectivity index is 0.000000470. The molecule has 1 heterocycles. The van der Waals surface area contributed by atoms with Crippen LogP contribution in [0.3, 0.4) is 0 Å². The maximum atomic E-state index is 3.95. The summed E-state index contributed by atoms with van der Waals surface area (Å²) in [7, 11) is 0. The van der Waals surface area contributed by atoms with Crippen LogP contribution in [-0.2, 0) is 0 Å². The molecule has 0 aromatic heterocycles. The lowest BCUT2D eigenvalue weighted by Gasteiger charge is -2.27. The second-order valence-corrected chi connectivity index (χ2v) is 6.90. The van der Waals surface area contributed by atoms with Crippen LogP contribution in [-0.4, -0.2) is 18.8 Å². The maximum absolute atomic E-state index is 3.95. The van der Waals surface area contributed by atoms with Gasteiger partial charge < -0.3 is 5.32 Å². The van der Waals surface area contributed by atoms with Gasteiger partial charge in [0.1, 0.15) is 0 Å². The largest absolute Gasteiger partial charge is 0.307 e. The van der Waals surface area contributed by atoms with Crippen molar-refractivity contribution < 1.29 is 0 Å². The monoisotopic (exact) mass is 325 g/mol. The van der Waals surface area contributed by atoms with Crippen LogP contribution in [0, 0.1) is 0 Å². The summed E-state index contributed by atoms with van der Waals surface area (Å²) in [6, 6.07) is 1.05. The predicted molar refractivity (Wildman–Crippen MR) is 114 cm³/mol. The van der Waals surface area contributed by atoms with Gasteiger partial charge in [-0.1, -0.05) is 60.5 Å². The zero-order chi connectivity index (χ0) is 18.4. The molecule has 0 fully saturated rings. The molecule has 0 aromatic carbocycles. The molecule has 0 aliphatic carbocycles. The molecule has 0 bridgehead atoms. The van der Waals surface area contributed by atoms with Crippen LogP contribution in [0.4, 0.5) is 0 Å². The van der Waals surface area contributed by atoms with Gasteiger partial charge in [0.15, 0.2) is 6.71 Å². The van der Waals surface area contributed by atoms with E-state index in [1.54, 1.807) is 0 Å². The molecule has 0 spiro atoms. The van der Waals surface area contributed by atoms with Crippen LogP contribution in [0.25, 0.3) is 0 Å². The fraction of sp³-hybridized carbons (Fsp3) is 0.455. The van der Waals surface area contributed by atoms with E-state index in [0.29, 0.717) is 18.8 Å². The highest BCUT2D eigenvalue weighted by Crippen LogP contribution is 2.15. The van der Waals surface area contributed by atoms with E-state index >= 15 is 0 Å². The third-order valence-electron chi connectivity index (χ3n) is 3.90. The first-order valence-electron chi connectivity index (χ1n) is 8.97. The first kappa shape index (κ1) is 22.5. The molecule has 2 atom stereocenters. The Labute approximate surface area is 151 Å². The summed E-state index contributed by atoms with van der Waals surface area (Å²) >= 11 is 0. The minimum atomic E-state index is 0.477. The fourth-order valence-corrected chi connectivity index (χ4v) is 2.89. The second kappa shape index (κ2) is 13.9. The van der Waals surface area contributed by atoms with Crippen LogP contribution in [0.15, 0.2) is 74.4 Å². The van der Waals surface area contributed by atoms with Gasteiger partial charge in [-0.15, -0.1) is 32.9 Å². The Kier molecular flexibility index (Phi) is 13.0. The summed E-state index contributed by atoms with van der Waals surface area (Å²) in [5, 5.41) is 3.61. The molecule has 0 saturated carbocycles. The average Bonchev–Trinajstić information content (AvgIpc) is 2.47. The molecule has 132 valence electrons. The quantitative estimate of drug-likeness (QED) is 0.370. The number of rotatable bonds is 10. The van der Waals surface area contributed by atoms with Gasteiger partial charge in [0.25, 0.3) is 0 Å². The lowest BCUT2D eigenvalue weighted by Crippen LogP contribution is -2.39. The van der Waals surface area contributed by atoms with Crippen molar-refractivity contribution in [2.75, 3.05) is 0 Å². The van der Waals surface area contributed by atoms with Gasteiger partial charge in [0.05, 0.1) is 0 Å². The van der Waals surface area contributed by atoms with Crippen molar-refractivity contribution in [1.82, 2.24) is 5.32 Å². The molecule has 24 heavy (non-hydrogen) atoms. The van der Waals surface area contributed by atoms with Crippen LogP contribution in [0.5, 0.6) is 0 Å². The van der Waals surface area contributed by atoms with E-state index < -0.39 is 0 Å². The topological polar surface area (TPSA) is 12.0 Å². The zero-order valence-electron chi connectivity index (χ0n) is 15.9. The molecule has 1 aliphatic rings. The summed E-state index contributed by atoms with van der Waals surface area (Å²) in [6.45, 7) is 23.8. The Morgan fingerprint density at radius 3 is 1.92 bits per heavy atom. The second-order valence-electron chi connectivity index (χ2n) is 6.90. The van der Waals surface area contributed by atoms with Gasteiger partial charge in [-0.3, -0.25) is 0 Å². The van der Waals surface area contributed by atoms with Gasteiger partial charge in [-0.25, -0.2) is 0 Å². The lowest BCUT2D eigenvalue weighted by atomic mass is 9.43. The molecule has 0 radical (unpaired) electrons. The van der Waals surface area contributed by atoms with Crippen LogP contribution >= 0.6 is 0 Å². The molecule has 0 amide bonds. The van der Waals surface area contributed by atoms with Gasteiger partial charge in [-0.2, -0.15) is 0 Å². The van der Waals surface area contributed by atoms with Crippen LogP contribution < -0.4 is 5.32 Å². The maximum Gasteiger partial charge on any atom is 0.151 e. The molecule has 1 rings (SSSR count). The molecule has 0 aromatic rings. The van der Waals surface area contributed by atoms with Gasteiger partial charge in [-0.05, 0) is 33.1 Å². The zero-order valence-corrected chi connectivity index (χ0v) is 15.9. The van der Waals surface area contributed by atoms with E-state index in [9.17, 15) is 0 Å². The lowest BCUT2D eigenvalue weighted by molar-refractivity contribution is 0.445. The van der Waals surface area contributed by atoms with Crippen LogP contribution in [0.1, 0.15) is 33.1 Å². The first-order valence-corrected chi connectivity index (χ1v) is 8.97. The summed E-state index contributed by atoms with van der Waals surface area (Å²) in [6.07, 6.45) is 16.8. The minimum Gasteiger partial charge on any atom is -0.307 e. The highest BCUT2D eigenvalue weighted by atomic mass is 14.9. The van der Waals surface area contributed by atoms with Crippen molar-refractivity contribution in [3.8, 4) is 0 Å². The highest BCUT2D eigenvalue weighted by Gasteiger charge is 2.16. The van der Waals surface area contributed by atoms with E-state index in [2.05, 4.69) is 64.2 Å². The third-order valence-corrected chi connectivity index (χ3v) is 3.90. The van der Waals surface area contributed by atoms with E-state index in [1.165, 1.54) is 11.1 Å². The Morgan fingerprint density at radius 2 is 1.50 bits per heavy atom. The Morgan fingerprint density at radius 1 is 1.00 bits per heavy atom. The van der Waals surface area contributed by atoms with Crippen molar-refractivity contribution in [3.05, 3.63) is 74.4 Å². The van der Waals surface area contributed by atoms with Crippen molar-refractivity contribution in [1.29, 1.82) is 0 Å². The summed E-state index contributed by atoms with van der Waals surface area (Å²) in [4.78, 5) is 0. The number of allylic oxidation sites excluding steroid dienone is 3. The highest BCUT2D eigenvalue weighted by molar-refractivity contribution is 6.60. The SMILES string of the molecule is C=C(C)CC1C=CCC(CC(=C)C)N1.C=CCB(CC=C)CC=C. The number of hydrogen-bond donors (Lipinski definition) is 1. The summed E-state index contributed by atoms with van der Waals surface area (Å²) in [5.74, 6) is 0. The van der Waals surface area contributed by atoms with Gasteiger partial charge >= 0.3 is 0 Å². The summed E-state index contributed by atoms with van der Waals surface area (Å²) in [5.41, 5.74) is 2.50. The smallest absolute Gasteiger partial charge is 0.151 e. The number of nitrogens with one attached hydrogen (secondary N) is 1. The Hall–Kier alpha value is -1.54. The van der Waals surface area contributed by atoms with E-state index in [1.807, 2.05) is 18.2 Å². The predicted octanol–water partition coefficient (Wildman–Crippen LogP) is 6.24. The first-order chi connectivity index (χ1) is 11.4. The fourth-order valence-electron chi connectivity index (χ4n) is 2.89. The standard InChI is InChI=1S/C13H21N.C9H15B/c1-10(2)8-12-6-5-7-13(14-12)9-11(3)4;1-4-7-10(8-5-2)9-6-3/h5-6,12-14H,1,3,7-9H2,2,4H3;4-6H,1-3,7-9H2. The van der Waals surface area contributed by atoms with Crippen molar-refractivity contribution in [2.45, 2.75) is 64.2 Å². The van der Waals surface area contributed by atoms with E-state index in [0.717, 1.165) is 38.2 Å². The van der Waals surface area contributed by atoms with Crippen molar-refractivity contribution in [3.63, 3.8) is 0 Å². The molecule has 0 saturated heterocycles. The van der Waals surface area contributed by atoms with Crippen molar-refractivity contribution in [2.24, 2.45) is 0 Å². The molecule has 2 heteroatoms. The summed E-state index contributed by atoms with van der Waals surface area (Å²) < 4.78 is 0. The van der Waals surface area contributed by atoms with Crippen LogP contribution in [0.2, 0.25) is 19.0 Å². The van der Waals surface area contributed by atoms with E-state index in [4.69, 9.17) is 0 Å². The molecule has 1 aliphatic heterocycles. The molecular weight excluding hydrogens is 289 g/mol. The normalized spacial score (nSPS) is 18.8. The van der Waals surface area contributed by atoms with Crippen molar-refractivity contribution >= 4 is 6.71 Å². The minimum absolute atomic E-state index is 0.477. The molecule has 1 nitrogen and oxygen atoms in total. The van der Waals surface area contributed by atoms with Gasteiger partial charge in [0.2, 0.25) is 0 Å². The molecular formula is C22H36BN. The average molecular weight is 325 g/mol. The van der Waals surface area contributed by atoms with E-state index in [-0.39, 0.29) is 0 Å². The Bertz CT molecular complexity index is 423. The van der Waals surface area contributed by atoms with Gasteiger partial charge in [0, 0.05) is 12.1 Å². The third kappa shape index (κ3) is 12.0. The molecule has 2 unspecified atom stereocenters. The molecule has 1 N–H and O–H groups in total. The number of hydrogen-bond acceptors (Lipinski definition) is 1.